The molecule has 1 atom stereocenters. The Kier molecular flexibility index (Phi) is 3.33. The number of nitrogens with one attached hydrogen (secondary N) is 1. The molecule has 1 N–H and O–H groups in total. The van der Waals surface area contributed by atoms with Crippen molar-refractivity contribution in [2.75, 3.05) is 13.1 Å². The van der Waals surface area contributed by atoms with Crippen LogP contribution in [0.2, 0.25) is 0 Å². The minimum Gasteiger partial charge on any atom is -0.316 e. The lowest BCUT2D eigenvalue weighted by Gasteiger charge is -2.07. The third-order valence-electron chi connectivity index (χ3n) is 3.40. The van der Waals surface area contributed by atoms with E-state index in [2.05, 4.69) is 39.6 Å². The van der Waals surface area contributed by atoms with Gasteiger partial charge >= 0.3 is 0 Å². The number of hydrogen-bond donors (Lipinski definition) is 1. The summed E-state index contributed by atoms with van der Waals surface area (Å²) in [5.41, 5.74) is 2.48. The molecule has 3 heteroatoms. The quantitative estimate of drug-likeness (QED) is 0.891. The molecular weight excluding hydrogens is 222 g/mol. The maximum atomic E-state index is 4.51. The number of rotatable bonds is 3. The first kappa shape index (κ1) is 11.4. The second kappa shape index (κ2) is 5.27. The summed E-state index contributed by atoms with van der Waals surface area (Å²) in [6, 6.07) is 10.4. The Bertz CT molecular complexity index is 487. The molecule has 0 saturated carbocycles. The standard InChI is InChI=1S/C15H17N3/c1-2-4-12(5-3-1)8-13-9-17-15(18-10-13)14-6-7-16-11-14/h1-5,9-10,14,16H,6-8,11H2. The molecule has 1 aromatic carbocycles. The van der Waals surface area contributed by atoms with E-state index in [-0.39, 0.29) is 0 Å². The topological polar surface area (TPSA) is 37.8 Å². The number of benzene rings is 1. The Morgan fingerprint density at radius 1 is 1.06 bits per heavy atom. The summed E-state index contributed by atoms with van der Waals surface area (Å²) in [6.07, 6.45) is 5.99. The first-order valence-corrected chi connectivity index (χ1v) is 6.47. The van der Waals surface area contributed by atoms with Gasteiger partial charge < -0.3 is 5.32 Å². The molecule has 0 bridgehead atoms. The summed E-state index contributed by atoms with van der Waals surface area (Å²) in [6.45, 7) is 2.10. The van der Waals surface area contributed by atoms with Gasteiger partial charge in [-0.3, -0.25) is 0 Å². The van der Waals surface area contributed by atoms with Gasteiger partial charge in [0.2, 0.25) is 0 Å². The van der Waals surface area contributed by atoms with Gasteiger partial charge in [0.15, 0.2) is 0 Å². The van der Waals surface area contributed by atoms with Gasteiger partial charge in [0.1, 0.15) is 5.82 Å². The van der Waals surface area contributed by atoms with Crippen LogP contribution >= 0.6 is 0 Å². The molecule has 0 spiro atoms. The van der Waals surface area contributed by atoms with Gasteiger partial charge in [-0.1, -0.05) is 30.3 Å². The molecule has 0 amide bonds. The van der Waals surface area contributed by atoms with Crippen LogP contribution in [0.4, 0.5) is 0 Å². The molecule has 1 unspecified atom stereocenters. The van der Waals surface area contributed by atoms with Crippen molar-refractivity contribution in [3.05, 3.63) is 59.7 Å². The molecule has 3 rings (SSSR count). The Balaban J connectivity index is 1.71. The van der Waals surface area contributed by atoms with E-state index in [9.17, 15) is 0 Å². The van der Waals surface area contributed by atoms with Crippen LogP contribution in [0.1, 0.15) is 29.3 Å². The Labute approximate surface area is 107 Å². The van der Waals surface area contributed by atoms with E-state index in [1.165, 1.54) is 11.1 Å². The van der Waals surface area contributed by atoms with Crippen molar-refractivity contribution in [2.45, 2.75) is 18.8 Å². The van der Waals surface area contributed by atoms with Gasteiger partial charge in [-0.15, -0.1) is 0 Å². The molecule has 2 heterocycles. The van der Waals surface area contributed by atoms with E-state index in [1.54, 1.807) is 0 Å². The molecular formula is C15H17N3. The lowest BCUT2D eigenvalue weighted by Crippen LogP contribution is -2.10. The predicted molar refractivity (Wildman–Crippen MR) is 71.5 cm³/mol. The van der Waals surface area contributed by atoms with Crippen LogP contribution in [0.3, 0.4) is 0 Å². The highest BCUT2D eigenvalue weighted by Gasteiger charge is 2.18. The predicted octanol–water partition coefficient (Wildman–Crippen LogP) is 2.14. The molecule has 2 aromatic rings. The van der Waals surface area contributed by atoms with Crippen molar-refractivity contribution in [1.29, 1.82) is 0 Å². The smallest absolute Gasteiger partial charge is 0.132 e. The van der Waals surface area contributed by atoms with Crippen LogP contribution in [0, 0.1) is 0 Å². The fourth-order valence-corrected chi connectivity index (χ4v) is 2.37. The molecule has 1 fully saturated rings. The molecule has 92 valence electrons. The van der Waals surface area contributed by atoms with Crippen LogP contribution in [0.15, 0.2) is 42.7 Å². The SMILES string of the molecule is c1ccc(Cc2cnc(C3CCNC3)nc2)cc1. The molecule has 1 aliphatic heterocycles. The second-order valence-electron chi connectivity index (χ2n) is 4.80. The molecule has 3 nitrogen and oxygen atoms in total. The molecule has 1 aromatic heterocycles. The summed E-state index contributed by atoms with van der Waals surface area (Å²) in [5, 5.41) is 3.35. The fourth-order valence-electron chi connectivity index (χ4n) is 2.37. The highest BCUT2D eigenvalue weighted by molar-refractivity contribution is 5.22. The Hall–Kier alpha value is -1.74. The van der Waals surface area contributed by atoms with Crippen molar-refractivity contribution in [2.24, 2.45) is 0 Å². The van der Waals surface area contributed by atoms with Gasteiger partial charge in [0.05, 0.1) is 0 Å². The van der Waals surface area contributed by atoms with E-state index in [1.807, 2.05) is 18.5 Å². The Morgan fingerprint density at radius 3 is 2.50 bits per heavy atom. The Morgan fingerprint density at radius 2 is 1.83 bits per heavy atom. The zero-order chi connectivity index (χ0) is 12.2. The third-order valence-corrected chi connectivity index (χ3v) is 3.40. The average molecular weight is 239 g/mol. The monoisotopic (exact) mass is 239 g/mol. The zero-order valence-electron chi connectivity index (χ0n) is 10.3. The van der Waals surface area contributed by atoms with Crippen molar-refractivity contribution >= 4 is 0 Å². The highest BCUT2D eigenvalue weighted by Crippen LogP contribution is 2.18. The number of nitrogens with zero attached hydrogens (tertiary/aromatic N) is 2. The van der Waals surface area contributed by atoms with Crippen molar-refractivity contribution in [1.82, 2.24) is 15.3 Å². The summed E-state index contributed by atoms with van der Waals surface area (Å²) in [5.74, 6) is 1.48. The summed E-state index contributed by atoms with van der Waals surface area (Å²) < 4.78 is 0. The molecule has 1 aliphatic rings. The van der Waals surface area contributed by atoms with Crippen LogP contribution in [-0.2, 0) is 6.42 Å². The van der Waals surface area contributed by atoms with Crippen molar-refractivity contribution in [3.8, 4) is 0 Å². The van der Waals surface area contributed by atoms with Crippen LogP contribution in [0.25, 0.3) is 0 Å². The van der Waals surface area contributed by atoms with Gasteiger partial charge in [-0.25, -0.2) is 9.97 Å². The van der Waals surface area contributed by atoms with Crippen molar-refractivity contribution < 1.29 is 0 Å². The van der Waals surface area contributed by atoms with E-state index in [4.69, 9.17) is 0 Å². The summed E-state index contributed by atoms with van der Waals surface area (Å²) in [7, 11) is 0. The number of hydrogen-bond acceptors (Lipinski definition) is 3. The third kappa shape index (κ3) is 2.57. The second-order valence-corrected chi connectivity index (χ2v) is 4.80. The molecule has 18 heavy (non-hydrogen) atoms. The van der Waals surface area contributed by atoms with Crippen molar-refractivity contribution in [3.63, 3.8) is 0 Å². The molecule has 0 radical (unpaired) electrons. The first-order chi connectivity index (χ1) is 8.92. The first-order valence-electron chi connectivity index (χ1n) is 6.47. The van der Waals surface area contributed by atoms with Crippen LogP contribution in [0.5, 0.6) is 0 Å². The minimum absolute atomic E-state index is 0.496. The van der Waals surface area contributed by atoms with E-state index >= 15 is 0 Å². The maximum absolute atomic E-state index is 4.51. The maximum Gasteiger partial charge on any atom is 0.132 e. The van der Waals surface area contributed by atoms with E-state index in [0.29, 0.717) is 5.92 Å². The zero-order valence-corrected chi connectivity index (χ0v) is 10.3. The van der Waals surface area contributed by atoms with Crippen LogP contribution < -0.4 is 5.32 Å². The molecule has 1 saturated heterocycles. The average Bonchev–Trinajstić information content (AvgIpc) is 2.95. The summed E-state index contributed by atoms with van der Waals surface area (Å²) >= 11 is 0. The van der Waals surface area contributed by atoms with E-state index in [0.717, 1.165) is 31.8 Å². The highest BCUT2D eigenvalue weighted by atomic mass is 14.9. The lowest BCUT2D eigenvalue weighted by atomic mass is 10.1. The van der Waals surface area contributed by atoms with Gasteiger partial charge in [0, 0.05) is 31.3 Å². The van der Waals surface area contributed by atoms with Gasteiger partial charge in [-0.2, -0.15) is 0 Å². The number of aromatic nitrogens is 2. The van der Waals surface area contributed by atoms with Gasteiger partial charge in [0.25, 0.3) is 0 Å². The van der Waals surface area contributed by atoms with E-state index < -0.39 is 0 Å². The van der Waals surface area contributed by atoms with Crippen LogP contribution in [-0.4, -0.2) is 23.1 Å². The molecule has 0 aliphatic carbocycles. The van der Waals surface area contributed by atoms with Gasteiger partial charge in [-0.05, 0) is 24.1 Å². The fraction of sp³-hybridized carbons (Fsp3) is 0.333. The summed E-state index contributed by atoms with van der Waals surface area (Å²) in [4.78, 5) is 9.01. The normalized spacial score (nSPS) is 19.0. The minimum atomic E-state index is 0.496. The largest absolute Gasteiger partial charge is 0.316 e. The lowest BCUT2D eigenvalue weighted by molar-refractivity contribution is 0.698.